The molecule has 116 valence electrons. The highest BCUT2D eigenvalue weighted by Gasteiger charge is 2.27. The lowest BCUT2D eigenvalue weighted by Gasteiger charge is -2.18. The van der Waals surface area contributed by atoms with Crippen LogP contribution in [0.4, 0.5) is 11.6 Å². The molecule has 3 aromatic heterocycles. The van der Waals surface area contributed by atoms with Gasteiger partial charge in [-0.25, -0.2) is 9.97 Å². The fraction of sp³-hybridized carbons (Fsp3) is 0.250. The molecule has 7 heteroatoms. The molecule has 0 atom stereocenters. The van der Waals surface area contributed by atoms with Crippen LogP contribution in [0.2, 0.25) is 0 Å². The molecule has 0 aliphatic carbocycles. The van der Waals surface area contributed by atoms with E-state index >= 15 is 0 Å². The first-order chi connectivity index (χ1) is 11.1. The van der Waals surface area contributed by atoms with Crippen LogP contribution in [0, 0.1) is 6.92 Å². The average molecular weight is 307 g/mol. The molecule has 4 rings (SSSR count). The van der Waals surface area contributed by atoms with Crippen molar-refractivity contribution in [3.63, 3.8) is 0 Å². The average Bonchev–Trinajstić information content (AvgIpc) is 3.08. The molecule has 0 spiro atoms. The van der Waals surface area contributed by atoms with Crippen molar-refractivity contribution in [1.82, 2.24) is 24.7 Å². The molecule has 0 saturated heterocycles. The first kappa shape index (κ1) is 13.7. The second-order valence-corrected chi connectivity index (χ2v) is 5.72. The van der Waals surface area contributed by atoms with E-state index in [4.69, 9.17) is 10.7 Å². The fourth-order valence-corrected chi connectivity index (χ4v) is 2.87. The number of aryl methyl sites for hydroxylation is 2. The zero-order valence-electron chi connectivity index (χ0n) is 13.1. The van der Waals surface area contributed by atoms with E-state index in [0.717, 1.165) is 40.7 Å². The first-order valence-electron chi connectivity index (χ1n) is 7.43. The maximum Gasteiger partial charge on any atom is 0.163 e. The summed E-state index contributed by atoms with van der Waals surface area (Å²) in [5, 5.41) is 4.47. The number of pyridine rings is 1. The van der Waals surface area contributed by atoms with Crippen LogP contribution >= 0.6 is 0 Å². The maximum atomic E-state index is 6.08. The molecule has 0 fully saturated rings. The molecule has 2 N–H and O–H groups in total. The summed E-state index contributed by atoms with van der Waals surface area (Å²) in [5.41, 5.74) is 10.0. The van der Waals surface area contributed by atoms with Crippen LogP contribution < -0.4 is 10.6 Å². The largest absolute Gasteiger partial charge is 0.384 e. The smallest absolute Gasteiger partial charge is 0.163 e. The molecule has 1 aliphatic rings. The van der Waals surface area contributed by atoms with Gasteiger partial charge in [0.2, 0.25) is 0 Å². The third-order valence-corrected chi connectivity index (χ3v) is 4.05. The van der Waals surface area contributed by atoms with Crippen LogP contribution in [0.1, 0.15) is 17.0 Å². The van der Waals surface area contributed by atoms with E-state index in [1.54, 1.807) is 17.1 Å². The Hall–Kier alpha value is -2.96. The monoisotopic (exact) mass is 307 g/mol. The first-order valence-corrected chi connectivity index (χ1v) is 7.43. The van der Waals surface area contributed by atoms with Gasteiger partial charge in [0, 0.05) is 42.3 Å². The molecule has 0 amide bonds. The predicted molar refractivity (Wildman–Crippen MR) is 87.5 cm³/mol. The lowest BCUT2D eigenvalue weighted by Crippen LogP contribution is -2.18. The topological polar surface area (TPSA) is 85.8 Å². The number of hydrogen-bond acceptors (Lipinski definition) is 6. The van der Waals surface area contributed by atoms with Crippen molar-refractivity contribution in [2.24, 2.45) is 7.05 Å². The zero-order valence-corrected chi connectivity index (χ0v) is 13.1. The van der Waals surface area contributed by atoms with Crippen molar-refractivity contribution in [2.75, 3.05) is 10.6 Å². The second kappa shape index (κ2) is 5.05. The number of nitrogen functional groups attached to an aromatic ring is 1. The van der Waals surface area contributed by atoms with Crippen molar-refractivity contribution in [3.05, 3.63) is 47.5 Å². The highest BCUT2D eigenvalue weighted by atomic mass is 15.3. The molecule has 1 aliphatic heterocycles. The van der Waals surface area contributed by atoms with Crippen LogP contribution in [0.25, 0.3) is 11.4 Å². The Labute approximate surface area is 133 Å². The lowest BCUT2D eigenvalue weighted by molar-refractivity contribution is 0.730. The molecule has 23 heavy (non-hydrogen) atoms. The standard InChI is InChI=1S/C16H17N7/c1-10-6-14(20-16(19-10)11-4-3-5-18-7-11)23-8-12-13(9-23)21-22(2)15(12)17/h3-7H,8-9,17H2,1-2H3. The number of fused-ring (bicyclic) bond motifs is 1. The van der Waals surface area contributed by atoms with E-state index < -0.39 is 0 Å². The van der Waals surface area contributed by atoms with Crippen LogP contribution in [0.3, 0.4) is 0 Å². The Kier molecular flexibility index (Phi) is 3.00. The van der Waals surface area contributed by atoms with Gasteiger partial charge in [-0.05, 0) is 19.1 Å². The fourth-order valence-electron chi connectivity index (χ4n) is 2.87. The quantitative estimate of drug-likeness (QED) is 0.775. The Morgan fingerprint density at radius 3 is 2.83 bits per heavy atom. The van der Waals surface area contributed by atoms with Gasteiger partial charge < -0.3 is 10.6 Å². The Morgan fingerprint density at radius 1 is 1.22 bits per heavy atom. The molecular weight excluding hydrogens is 290 g/mol. The molecule has 4 heterocycles. The number of hydrogen-bond donors (Lipinski definition) is 1. The normalized spacial score (nSPS) is 13.4. The van der Waals surface area contributed by atoms with Gasteiger partial charge in [0.25, 0.3) is 0 Å². The highest BCUT2D eigenvalue weighted by Crippen LogP contribution is 2.31. The highest BCUT2D eigenvalue weighted by molar-refractivity contribution is 5.59. The van der Waals surface area contributed by atoms with E-state index in [-0.39, 0.29) is 0 Å². The Balaban J connectivity index is 1.70. The van der Waals surface area contributed by atoms with Crippen LogP contribution in [-0.4, -0.2) is 24.7 Å². The zero-order chi connectivity index (χ0) is 16.0. The summed E-state index contributed by atoms with van der Waals surface area (Å²) in [6.07, 6.45) is 3.52. The molecule has 3 aromatic rings. The maximum absolute atomic E-state index is 6.08. The van der Waals surface area contributed by atoms with Gasteiger partial charge >= 0.3 is 0 Å². The lowest BCUT2D eigenvalue weighted by atomic mass is 10.2. The third-order valence-electron chi connectivity index (χ3n) is 4.05. The Morgan fingerprint density at radius 2 is 2.09 bits per heavy atom. The van der Waals surface area contributed by atoms with Gasteiger partial charge in [-0.3, -0.25) is 9.67 Å². The molecular formula is C16H17N7. The molecule has 7 nitrogen and oxygen atoms in total. The van der Waals surface area contributed by atoms with Crippen molar-refractivity contribution < 1.29 is 0 Å². The number of nitrogens with two attached hydrogens (primary N) is 1. The van der Waals surface area contributed by atoms with Crippen LogP contribution in [0.5, 0.6) is 0 Å². The summed E-state index contributed by atoms with van der Waals surface area (Å²) < 4.78 is 1.73. The molecule has 0 radical (unpaired) electrons. The SMILES string of the molecule is Cc1cc(N2Cc3nn(C)c(N)c3C2)nc(-c2cccnc2)n1. The summed E-state index contributed by atoms with van der Waals surface area (Å²) in [4.78, 5) is 15.5. The van der Waals surface area contributed by atoms with Crippen molar-refractivity contribution in [3.8, 4) is 11.4 Å². The van der Waals surface area contributed by atoms with Crippen molar-refractivity contribution in [1.29, 1.82) is 0 Å². The van der Waals surface area contributed by atoms with Gasteiger partial charge in [-0.1, -0.05) is 0 Å². The van der Waals surface area contributed by atoms with E-state index in [1.165, 1.54) is 0 Å². The summed E-state index contributed by atoms with van der Waals surface area (Å²) in [6, 6.07) is 5.84. The third kappa shape index (κ3) is 2.30. The molecule has 0 aromatic carbocycles. The summed E-state index contributed by atoms with van der Waals surface area (Å²) in [5.74, 6) is 2.29. The van der Waals surface area contributed by atoms with Crippen LogP contribution in [-0.2, 0) is 20.1 Å². The van der Waals surface area contributed by atoms with Gasteiger partial charge in [0.1, 0.15) is 11.6 Å². The second-order valence-electron chi connectivity index (χ2n) is 5.72. The van der Waals surface area contributed by atoms with E-state index in [9.17, 15) is 0 Å². The molecule has 0 unspecified atom stereocenters. The van der Waals surface area contributed by atoms with Gasteiger partial charge in [0.05, 0.1) is 18.8 Å². The number of nitrogens with zero attached hydrogens (tertiary/aromatic N) is 6. The van der Waals surface area contributed by atoms with Gasteiger partial charge in [-0.15, -0.1) is 0 Å². The summed E-state index contributed by atoms with van der Waals surface area (Å²) in [6.45, 7) is 3.40. The van der Waals surface area contributed by atoms with Crippen molar-refractivity contribution in [2.45, 2.75) is 20.0 Å². The Bertz CT molecular complexity index is 870. The van der Waals surface area contributed by atoms with Crippen molar-refractivity contribution >= 4 is 11.6 Å². The van der Waals surface area contributed by atoms with E-state index in [1.807, 2.05) is 32.2 Å². The minimum Gasteiger partial charge on any atom is -0.384 e. The van der Waals surface area contributed by atoms with Gasteiger partial charge in [-0.2, -0.15) is 5.10 Å². The van der Waals surface area contributed by atoms with E-state index in [2.05, 4.69) is 20.0 Å². The predicted octanol–water partition coefficient (Wildman–Crippen LogP) is 1.68. The minimum absolute atomic E-state index is 0.686. The summed E-state index contributed by atoms with van der Waals surface area (Å²) in [7, 11) is 1.87. The molecule has 0 bridgehead atoms. The number of aromatic nitrogens is 5. The van der Waals surface area contributed by atoms with E-state index in [0.29, 0.717) is 12.4 Å². The van der Waals surface area contributed by atoms with Gasteiger partial charge in [0.15, 0.2) is 5.82 Å². The van der Waals surface area contributed by atoms with Crippen LogP contribution in [0.15, 0.2) is 30.6 Å². The summed E-state index contributed by atoms with van der Waals surface area (Å²) >= 11 is 0. The molecule has 0 saturated carbocycles. The minimum atomic E-state index is 0.686. The number of rotatable bonds is 2. The number of anilines is 2.